The number of carbonyl (C=O) groups is 1. The van der Waals surface area contributed by atoms with Crippen LogP contribution >= 0.6 is 45.8 Å². The fraction of sp³-hybridized carbons (Fsp3) is 0.120. The highest BCUT2D eigenvalue weighted by Gasteiger charge is 2.13. The molecule has 0 saturated heterocycles. The first-order valence-electron chi connectivity index (χ1n) is 9.92. The zero-order valence-electron chi connectivity index (χ0n) is 17.6. The summed E-state index contributed by atoms with van der Waals surface area (Å²) in [4.78, 5) is 12.5. The first-order valence-corrected chi connectivity index (χ1v) is 11.8. The van der Waals surface area contributed by atoms with Crippen LogP contribution in [0.4, 0.5) is 5.69 Å². The standard InChI is InChI=1S/C25H19Cl2IN2O3/c1-2-32-24-13-16(6-11-23(24)33-15-20-21(26)4-3-5-22(20)27)12-17(14-29)25(31)30-19-9-7-18(28)8-10-19/h3-13H,2,15H2,1H3,(H,30,31)/b17-12+. The van der Waals surface area contributed by atoms with E-state index in [0.29, 0.717) is 45.0 Å². The van der Waals surface area contributed by atoms with Crippen molar-refractivity contribution in [1.82, 2.24) is 0 Å². The predicted octanol–water partition coefficient (Wildman–Crippen LogP) is 7.12. The smallest absolute Gasteiger partial charge is 0.266 e. The van der Waals surface area contributed by atoms with Gasteiger partial charge in [-0.3, -0.25) is 4.79 Å². The molecule has 168 valence electrons. The number of hydrogen-bond acceptors (Lipinski definition) is 4. The van der Waals surface area contributed by atoms with Gasteiger partial charge in [0.1, 0.15) is 18.2 Å². The molecule has 0 unspecified atom stereocenters. The predicted molar refractivity (Wildman–Crippen MR) is 140 cm³/mol. The van der Waals surface area contributed by atoms with E-state index in [2.05, 4.69) is 27.9 Å². The maximum atomic E-state index is 12.5. The molecule has 3 aromatic rings. The van der Waals surface area contributed by atoms with E-state index in [-0.39, 0.29) is 12.2 Å². The molecule has 0 aliphatic heterocycles. The largest absolute Gasteiger partial charge is 0.490 e. The molecule has 0 heterocycles. The number of nitrogens with one attached hydrogen (secondary N) is 1. The Morgan fingerprint density at radius 3 is 2.39 bits per heavy atom. The Kier molecular flexibility index (Phi) is 9.01. The lowest BCUT2D eigenvalue weighted by Gasteiger charge is -2.14. The molecule has 3 rings (SSSR count). The van der Waals surface area contributed by atoms with Crippen molar-refractivity contribution in [2.45, 2.75) is 13.5 Å². The van der Waals surface area contributed by atoms with Gasteiger partial charge >= 0.3 is 0 Å². The Balaban J connectivity index is 1.80. The number of benzene rings is 3. The summed E-state index contributed by atoms with van der Waals surface area (Å²) in [7, 11) is 0. The zero-order valence-corrected chi connectivity index (χ0v) is 21.2. The molecule has 5 nitrogen and oxygen atoms in total. The number of nitriles is 1. The summed E-state index contributed by atoms with van der Waals surface area (Å²) in [6.07, 6.45) is 1.50. The molecule has 0 fully saturated rings. The van der Waals surface area contributed by atoms with Crippen molar-refractivity contribution in [1.29, 1.82) is 5.26 Å². The third-order valence-electron chi connectivity index (χ3n) is 4.48. The van der Waals surface area contributed by atoms with Gasteiger partial charge in [0.15, 0.2) is 11.5 Å². The number of ether oxygens (including phenoxy) is 2. The zero-order chi connectivity index (χ0) is 23.8. The van der Waals surface area contributed by atoms with Crippen LogP contribution in [0.2, 0.25) is 10.0 Å². The summed E-state index contributed by atoms with van der Waals surface area (Å²) in [5, 5.41) is 13.3. The van der Waals surface area contributed by atoms with Crippen LogP contribution in [0.1, 0.15) is 18.1 Å². The summed E-state index contributed by atoms with van der Waals surface area (Å²) < 4.78 is 12.7. The van der Waals surface area contributed by atoms with Crippen molar-refractivity contribution in [2.24, 2.45) is 0 Å². The average Bonchev–Trinajstić information content (AvgIpc) is 2.80. The van der Waals surface area contributed by atoms with E-state index in [1.165, 1.54) is 6.08 Å². The Bertz CT molecular complexity index is 1200. The molecule has 8 heteroatoms. The number of anilines is 1. The van der Waals surface area contributed by atoms with E-state index in [9.17, 15) is 10.1 Å². The third-order valence-corrected chi connectivity index (χ3v) is 5.91. The number of nitrogens with zero attached hydrogens (tertiary/aromatic N) is 1. The van der Waals surface area contributed by atoms with Crippen molar-refractivity contribution in [2.75, 3.05) is 11.9 Å². The van der Waals surface area contributed by atoms with E-state index in [0.717, 1.165) is 3.57 Å². The lowest BCUT2D eigenvalue weighted by molar-refractivity contribution is -0.112. The highest BCUT2D eigenvalue weighted by atomic mass is 127. The van der Waals surface area contributed by atoms with Gasteiger partial charge in [0, 0.05) is 24.9 Å². The summed E-state index contributed by atoms with van der Waals surface area (Å²) >= 11 is 14.6. The van der Waals surface area contributed by atoms with Crippen LogP contribution in [0.25, 0.3) is 6.08 Å². The van der Waals surface area contributed by atoms with Gasteiger partial charge in [0.2, 0.25) is 0 Å². The second-order valence-electron chi connectivity index (χ2n) is 6.76. The molecular weight excluding hydrogens is 574 g/mol. The van der Waals surface area contributed by atoms with Crippen molar-refractivity contribution in [3.8, 4) is 17.6 Å². The molecule has 0 aliphatic carbocycles. The fourth-order valence-corrected chi connectivity index (χ4v) is 3.74. The van der Waals surface area contributed by atoms with Crippen LogP contribution in [0.3, 0.4) is 0 Å². The first-order chi connectivity index (χ1) is 15.9. The molecule has 0 bridgehead atoms. The fourth-order valence-electron chi connectivity index (χ4n) is 2.87. The summed E-state index contributed by atoms with van der Waals surface area (Å²) in [5.41, 5.74) is 1.87. The molecule has 1 N–H and O–H groups in total. The van der Waals surface area contributed by atoms with Crippen LogP contribution in [0, 0.1) is 14.9 Å². The second-order valence-corrected chi connectivity index (χ2v) is 8.82. The second kappa shape index (κ2) is 11.9. The molecule has 1 amide bonds. The minimum Gasteiger partial charge on any atom is -0.490 e. The van der Waals surface area contributed by atoms with Crippen LogP contribution in [0.15, 0.2) is 66.2 Å². The van der Waals surface area contributed by atoms with Gasteiger partial charge in [-0.2, -0.15) is 5.26 Å². The normalized spacial score (nSPS) is 10.9. The lowest BCUT2D eigenvalue weighted by Crippen LogP contribution is -2.13. The van der Waals surface area contributed by atoms with Gasteiger partial charge in [0.25, 0.3) is 5.91 Å². The van der Waals surface area contributed by atoms with Crippen molar-refractivity contribution < 1.29 is 14.3 Å². The minimum absolute atomic E-state index is 0.0347. The Morgan fingerprint density at radius 2 is 1.76 bits per heavy atom. The molecule has 0 saturated carbocycles. The lowest BCUT2D eigenvalue weighted by atomic mass is 10.1. The Labute approximate surface area is 216 Å². The Hall–Kier alpha value is -2.73. The van der Waals surface area contributed by atoms with Crippen LogP contribution in [-0.4, -0.2) is 12.5 Å². The van der Waals surface area contributed by atoms with Gasteiger partial charge in [-0.15, -0.1) is 0 Å². The summed E-state index contributed by atoms with van der Waals surface area (Å²) in [6.45, 7) is 2.43. The van der Waals surface area contributed by atoms with Gasteiger partial charge < -0.3 is 14.8 Å². The summed E-state index contributed by atoms with van der Waals surface area (Å²) in [5.74, 6) is 0.474. The van der Waals surface area contributed by atoms with Crippen molar-refractivity contribution >= 4 is 63.5 Å². The van der Waals surface area contributed by atoms with Crippen LogP contribution in [-0.2, 0) is 11.4 Å². The first kappa shape index (κ1) is 24.9. The van der Waals surface area contributed by atoms with E-state index < -0.39 is 5.91 Å². The number of rotatable bonds is 8. The highest BCUT2D eigenvalue weighted by molar-refractivity contribution is 14.1. The van der Waals surface area contributed by atoms with E-state index in [1.54, 1.807) is 48.5 Å². The topological polar surface area (TPSA) is 71.3 Å². The third kappa shape index (κ3) is 6.87. The molecule has 0 atom stereocenters. The SMILES string of the molecule is CCOc1cc(/C=C(\C#N)C(=O)Nc2ccc(I)cc2)ccc1OCc1c(Cl)cccc1Cl. The van der Waals surface area contributed by atoms with Gasteiger partial charge in [-0.25, -0.2) is 0 Å². The molecule has 0 aliphatic rings. The van der Waals surface area contributed by atoms with Gasteiger partial charge in [-0.05, 0) is 89.7 Å². The van der Waals surface area contributed by atoms with Crippen molar-refractivity contribution in [3.05, 3.63) is 91.0 Å². The average molecular weight is 593 g/mol. The molecule has 33 heavy (non-hydrogen) atoms. The summed E-state index contributed by atoms with van der Waals surface area (Å²) in [6, 6.07) is 19.7. The van der Waals surface area contributed by atoms with E-state index >= 15 is 0 Å². The number of carbonyl (C=O) groups excluding carboxylic acids is 1. The number of hydrogen-bond donors (Lipinski definition) is 1. The monoisotopic (exact) mass is 592 g/mol. The van der Waals surface area contributed by atoms with Crippen LogP contribution < -0.4 is 14.8 Å². The maximum Gasteiger partial charge on any atom is 0.266 e. The van der Waals surface area contributed by atoms with E-state index in [4.69, 9.17) is 32.7 Å². The van der Waals surface area contributed by atoms with Crippen molar-refractivity contribution in [3.63, 3.8) is 0 Å². The minimum atomic E-state index is -0.495. The molecular formula is C25H19Cl2IN2O3. The van der Waals surface area contributed by atoms with Gasteiger partial charge in [0.05, 0.1) is 6.61 Å². The van der Waals surface area contributed by atoms with Crippen LogP contribution in [0.5, 0.6) is 11.5 Å². The quantitative estimate of drug-likeness (QED) is 0.172. The molecule has 0 spiro atoms. The number of halogens is 3. The van der Waals surface area contributed by atoms with E-state index in [1.807, 2.05) is 25.1 Å². The molecule has 3 aromatic carbocycles. The molecule has 0 radical (unpaired) electrons. The number of amides is 1. The highest BCUT2D eigenvalue weighted by Crippen LogP contribution is 2.32. The maximum absolute atomic E-state index is 12.5. The van der Waals surface area contributed by atoms with Gasteiger partial charge in [-0.1, -0.05) is 35.3 Å². The Morgan fingerprint density at radius 1 is 1.06 bits per heavy atom. The molecule has 0 aromatic heterocycles.